The van der Waals surface area contributed by atoms with Crippen molar-refractivity contribution in [2.75, 3.05) is 7.05 Å². The van der Waals surface area contributed by atoms with Crippen molar-refractivity contribution in [1.29, 1.82) is 0 Å². The SMILES string of the molecule is CCc1ccc(N=C2SC(=Cc3ccccc3OCc3ccccc3)C(=O)N2C)cc1. The Morgan fingerprint density at radius 2 is 1.65 bits per heavy atom. The van der Waals surface area contributed by atoms with Crippen LogP contribution in [0.3, 0.4) is 0 Å². The number of ether oxygens (including phenoxy) is 1. The second kappa shape index (κ2) is 9.67. The molecule has 0 atom stereocenters. The minimum Gasteiger partial charge on any atom is -0.488 e. The van der Waals surface area contributed by atoms with Gasteiger partial charge in [0.2, 0.25) is 0 Å². The normalized spacial score (nSPS) is 16.3. The highest BCUT2D eigenvalue weighted by Crippen LogP contribution is 2.34. The molecule has 0 unspecified atom stereocenters. The number of aliphatic imine (C=N–C) groups is 1. The Morgan fingerprint density at radius 1 is 0.935 bits per heavy atom. The van der Waals surface area contributed by atoms with E-state index in [-0.39, 0.29) is 5.91 Å². The zero-order valence-electron chi connectivity index (χ0n) is 17.6. The number of para-hydroxylation sites is 1. The molecule has 4 rings (SSSR count). The number of likely N-dealkylation sites (N-methyl/N-ethyl adjacent to an activating group) is 1. The van der Waals surface area contributed by atoms with Gasteiger partial charge in [-0.15, -0.1) is 0 Å². The van der Waals surface area contributed by atoms with E-state index in [2.05, 4.69) is 24.0 Å². The maximum atomic E-state index is 12.8. The van der Waals surface area contributed by atoms with Crippen LogP contribution in [0.5, 0.6) is 5.75 Å². The quantitative estimate of drug-likeness (QED) is 0.448. The van der Waals surface area contributed by atoms with Gasteiger partial charge in [0.1, 0.15) is 12.4 Å². The van der Waals surface area contributed by atoms with Gasteiger partial charge < -0.3 is 4.74 Å². The number of amides is 1. The lowest BCUT2D eigenvalue weighted by molar-refractivity contribution is -0.121. The van der Waals surface area contributed by atoms with E-state index in [1.54, 1.807) is 11.9 Å². The molecule has 0 radical (unpaired) electrons. The minimum absolute atomic E-state index is 0.0632. The number of carbonyl (C=O) groups is 1. The molecule has 4 nitrogen and oxygen atoms in total. The first-order chi connectivity index (χ1) is 15.1. The highest BCUT2D eigenvalue weighted by Gasteiger charge is 2.30. The molecule has 3 aromatic carbocycles. The first-order valence-corrected chi connectivity index (χ1v) is 11.1. The zero-order chi connectivity index (χ0) is 21.6. The van der Waals surface area contributed by atoms with Crippen molar-refractivity contribution in [2.24, 2.45) is 4.99 Å². The Bertz CT molecular complexity index is 1120. The molecule has 31 heavy (non-hydrogen) atoms. The maximum Gasteiger partial charge on any atom is 0.266 e. The number of amidine groups is 1. The number of aryl methyl sites for hydroxylation is 1. The predicted octanol–water partition coefficient (Wildman–Crippen LogP) is 6.06. The van der Waals surface area contributed by atoms with E-state index >= 15 is 0 Å². The summed E-state index contributed by atoms with van der Waals surface area (Å²) in [5.74, 6) is 0.683. The van der Waals surface area contributed by atoms with Crippen LogP contribution < -0.4 is 4.74 Å². The van der Waals surface area contributed by atoms with Crippen molar-refractivity contribution in [3.05, 3.63) is 100 Å². The third-order valence-electron chi connectivity index (χ3n) is 5.02. The lowest BCUT2D eigenvalue weighted by Gasteiger charge is -2.09. The molecule has 0 spiro atoms. The number of hydrogen-bond acceptors (Lipinski definition) is 4. The zero-order valence-corrected chi connectivity index (χ0v) is 18.4. The summed E-state index contributed by atoms with van der Waals surface area (Å²) in [6.45, 7) is 2.60. The van der Waals surface area contributed by atoms with Gasteiger partial charge in [0.15, 0.2) is 5.17 Å². The Morgan fingerprint density at radius 3 is 2.39 bits per heavy atom. The number of rotatable bonds is 6. The van der Waals surface area contributed by atoms with Gasteiger partial charge in [-0.3, -0.25) is 9.69 Å². The monoisotopic (exact) mass is 428 g/mol. The molecule has 0 bridgehead atoms. The van der Waals surface area contributed by atoms with Crippen molar-refractivity contribution >= 4 is 34.6 Å². The topological polar surface area (TPSA) is 41.9 Å². The molecule has 1 fully saturated rings. The highest BCUT2D eigenvalue weighted by molar-refractivity contribution is 8.18. The van der Waals surface area contributed by atoms with Gasteiger partial charge in [-0.05, 0) is 53.6 Å². The summed E-state index contributed by atoms with van der Waals surface area (Å²) in [4.78, 5) is 19.7. The average molecular weight is 429 g/mol. The van der Waals surface area contributed by atoms with Crippen molar-refractivity contribution in [2.45, 2.75) is 20.0 Å². The van der Waals surface area contributed by atoms with Gasteiger partial charge >= 0.3 is 0 Å². The second-order valence-corrected chi connectivity index (χ2v) is 8.21. The summed E-state index contributed by atoms with van der Waals surface area (Å²) in [5.41, 5.74) is 4.07. The molecule has 5 heteroatoms. The summed E-state index contributed by atoms with van der Waals surface area (Å²) in [6, 6.07) is 25.9. The van der Waals surface area contributed by atoms with E-state index in [9.17, 15) is 4.79 Å². The average Bonchev–Trinajstić information content (AvgIpc) is 3.07. The number of thioether (sulfide) groups is 1. The molecule has 0 saturated carbocycles. The number of hydrogen-bond donors (Lipinski definition) is 0. The summed E-state index contributed by atoms with van der Waals surface area (Å²) < 4.78 is 6.03. The molecule has 156 valence electrons. The van der Waals surface area contributed by atoms with Crippen LogP contribution in [-0.2, 0) is 17.8 Å². The van der Waals surface area contributed by atoms with Crippen molar-refractivity contribution in [3.8, 4) is 5.75 Å². The van der Waals surface area contributed by atoms with Gasteiger partial charge in [0, 0.05) is 12.6 Å². The molecular weight excluding hydrogens is 404 g/mol. The van der Waals surface area contributed by atoms with Crippen LogP contribution in [0.25, 0.3) is 6.08 Å². The summed E-state index contributed by atoms with van der Waals surface area (Å²) in [6.07, 6.45) is 2.87. The number of nitrogens with zero attached hydrogens (tertiary/aromatic N) is 2. The Hall–Kier alpha value is -3.31. The molecule has 1 aliphatic heterocycles. The van der Waals surface area contributed by atoms with Crippen LogP contribution in [0, 0.1) is 0 Å². The molecular formula is C26H24N2O2S. The highest BCUT2D eigenvalue weighted by atomic mass is 32.2. The fraction of sp³-hybridized carbons (Fsp3) is 0.154. The molecule has 0 aromatic heterocycles. The van der Waals surface area contributed by atoms with E-state index in [0.29, 0.717) is 16.7 Å². The molecule has 1 amide bonds. The van der Waals surface area contributed by atoms with E-state index < -0.39 is 0 Å². The van der Waals surface area contributed by atoms with Crippen molar-refractivity contribution in [1.82, 2.24) is 4.90 Å². The van der Waals surface area contributed by atoms with Gasteiger partial charge in [0.25, 0.3) is 5.91 Å². The minimum atomic E-state index is -0.0632. The fourth-order valence-electron chi connectivity index (χ4n) is 3.18. The molecule has 1 saturated heterocycles. The lowest BCUT2D eigenvalue weighted by atomic mass is 10.1. The largest absolute Gasteiger partial charge is 0.488 e. The van der Waals surface area contributed by atoms with E-state index in [1.807, 2.05) is 72.8 Å². The molecule has 3 aromatic rings. The smallest absolute Gasteiger partial charge is 0.266 e. The van der Waals surface area contributed by atoms with Gasteiger partial charge in [-0.2, -0.15) is 0 Å². The standard InChI is InChI=1S/C26H24N2O2S/c1-3-19-13-15-22(16-14-19)27-26-28(2)25(29)24(31-26)17-21-11-7-8-12-23(21)30-18-20-9-5-4-6-10-20/h4-17H,3,18H2,1-2H3. The Kier molecular flexibility index (Phi) is 6.53. The first kappa shape index (κ1) is 20.9. The fourth-order valence-corrected chi connectivity index (χ4v) is 4.15. The van der Waals surface area contributed by atoms with Crippen LogP contribution in [0.2, 0.25) is 0 Å². The Balaban J connectivity index is 1.54. The molecule has 1 aliphatic rings. The van der Waals surface area contributed by atoms with Crippen molar-refractivity contribution in [3.63, 3.8) is 0 Å². The second-order valence-electron chi connectivity index (χ2n) is 7.20. The molecule has 1 heterocycles. The third-order valence-corrected chi connectivity index (χ3v) is 6.08. The number of carbonyl (C=O) groups excluding carboxylic acids is 1. The summed E-state index contributed by atoms with van der Waals surface area (Å²) >= 11 is 1.38. The van der Waals surface area contributed by atoms with Gasteiger partial charge in [0.05, 0.1) is 10.6 Å². The summed E-state index contributed by atoms with van der Waals surface area (Å²) in [7, 11) is 1.76. The molecule has 0 aliphatic carbocycles. The molecule has 0 N–H and O–H groups in total. The maximum absolute atomic E-state index is 12.8. The van der Waals surface area contributed by atoms with E-state index in [1.165, 1.54) is 17.3 Å². The number of benzene rings is 3. The van der Waals surface area contributed by atoms with Crippen LogP contribution in [0.4, 0.5) is 5.69 Å². The lowest BCUT2D eigenvalue weighted by Crippen LogP contribution is -2.23. The van der Waals surface area contributed by atoms with Crippen molar-refractivity contribution < 1.29 is 9.53 Å². The Labute approximate surface area is 187 Å². The van der Waals surface area contributed by atoms with Gasteiger partial charge in [-0.25, -0.2) is 4.99 Å². The third kappa shape index (κ3) is 5.06. The van der Waals surface area contributed by atoms with Crippen LogP contribution in [0.15, 0.2) is 88.8 Å². The van der Waals surface area contributed by atoms with Crippen LogP contribution in [-0.4, -0.2) is 23.0 Å². The van der Waals surface area contributed by atoms with Gasteiger partial charge in [-0.1, -0.05) is 67.6 Å². The first-order valence-electron chi connectivity index (χ1n) is 10.2. The van der Waals surface area contributed by atoms with Crippen LogP contribution in [0.1, 0.15) is 23.6 Å². The summed E-state index contributed by atoms with van der Waals surface area (Å²) in [5, 5.41) is 0.670. The van der Waals surface area contributed by atoms with E-state index in [4.69, 9.17) is 4.74 Å². The predicted molar refractivity (Wildman–Crippen MR) is 128 cm³/mol. The van der Waals surface area contributed by atoms with E-state index in [0.717, 1.165) is 29.0 Å². The van der Waals surface area contributed by atoms with Crippen LogP contribution >= 0.6 is 11.8 Å².